The average Bonchev–Trinajstić information content (AvgIpc) is 3.63. The molecule has 2 aromatic rings. The highest BCUT2D eigenvalue weighted by molar-refractivity contribution is 5.48. The molecule has 1 spiro atoms. The molecule has 0 radical (unpaired) electrons. The molecule has 3 saturated carbocycles. The zero-order valence-corrected chi connectivity index (χ0v) is 29.9. The fourth-order valence-electron chi connectivity index (χ4n) is 11.7. The monoisotopic (exact) mass is 670 g/mol. The zero-order chi connectivity index (χ0) is 34.7. The van der Waals surface area contributed by atoms with Crippen molar-refractivity contribution in [3.05, 3.63) is 91.5 Å². The minimum absolute atomic E-state index is 0.0499. The normalized spacial score (nSPS) is 35.3. The lowest BCUT2D eigenvalue weighted by Gasteiger charge is -2.59. The van der Waals surface area contributed by atoms with Crippen molar-refractivity contribution in [1.29, 1.82) is 0 Å². The molecule has 7 rings (SSSR count). The summed E-state index contributed by atoms with van der Waals surface area (Å²) in [6, 6.07) is 13.1. The number of nitro groups is 2. The second-order valence-electron chi connectivity index (χ2n) is 17.1. The van der Waals surface area contributed by atoms with Gasteiger partial charge in [0.1, 0.15) is 12.2 Å². The van der Waals surface area contributed by atoms with Crippen LogP contribution in [-0.4, -0.2) is 15.6 Å². The van der Waals surface area contributed by atoms with Crippen LogP contribution in [0.5, 0.6) is 0 Å². The second kappa shape index (κ2) is 12.9. The van der Waals surface area contributed by atoms with Crippen LogP contribution in [0.1, 0.15) is 129 Å². The zero-order valence-electron chi connectivity index (χ0n) is 29.9. The molecule has 1 heterocycles. The molecule has 49 heavy (non-hydrogen) atoms. The maximum Gasteiger partial charge on any atom is 0.275 e. The maximum atomic E-state index is 12.1. The summed E-state index contributed by atoms with van der Waals surface area (Å²) < 4.78 is 13.7. The fourth-order valence-corrected chi connectivity index (χ4v) is 11.7. The van der Waals surface area contributed by atoms with Crippen molar-refractivity contribution in [2.75, 3.05) is 0 Å². The first-order chi connectivity index (χ1) is 23.4. The van der Waals surface area contributed by atoms with Gasteiger partial charge in [0, 0.05) is 18.6 Å². The van der Waals surface area contributed by atoms with Crippen LogP contribution >= 0.6 is 0 Å². The first-order valence-corrected chi connectivity index (χ1v) is 18.9. The van der Waals surface area contributed by atoms with Crippen molar-refractivity contribution in [2.45, 2.75) is 123 Å². The number of nitrogens with zero attached hydrogens (tertiary/aromatic N) is 2. The van der Waals surface area contributed by atoms with E-state index in [1.807, 2.05) is 0 Å². The third kappa shape index (κ3) is 5.85. The first kappa shape index (κ1) is 34.4. The molecule has 0 aromatic heterocycles. The summed E-state index contributed by atoms with van der Waals surface area (Å²) in [6.45, 7) is 12.3. The number of hydrogen-bond acceptors (Lipinski definition) is 6. The largest absolute Gasteiger partial charge is 0.335 e. The molecule has 0 N–H and O–H groups in total. The second-order valence-corrected chi connectivity index (χ2v) is 17.1. The van der Waals surface area contributed by atoms with E-state index in [1.165, 1.54) is 69.1 Å². The summed E-state index contributed by atoms with van der Waals surface area (Å²) in [7, 11) is 0. The van der Waals surface area contributed by atoms with Crippen molar-refractivity contribution in [1.82, 2.24) is 0 Å². The topological polar surface area (TPSA) is 105 Å². The summed E-state index contributed by atoms with van der Waals surface area (Å²) >= 11 is 0. The minimum atomic E-state index is -1.10. The van der Waals surface area contributed by atoms with Gasteiger partial charge in [-0.3, -0.25) is 20.2 Å². The van der Waals surface area contributed by atoms with Crippen molar-refractivity contribution in [3.8, 4) is 0 Å². The fraction of sp³-hybridized carbons (Fsp3) is 0.659. The Labute approximate surface area is 291 Å². The molecule has 0 unspecified atom stereocenters. The predicted molar refractivity (Wildman–Crippen MR) is 190 cm³/mol. The van der Waals surface area contributed by atoms with Crippen LogP contribution in [0.15, 0.2) is 60.2 Å². The molecule has 264 valence electrons. The third-order valence-corrected chi connectivity index (χ3v) is 14.1. The van der Waals surface area contributed by atoms with E-state index in [0.717, 1.165) is 42.4 Å². The molecule has 8 nitrogen and oxygen atoms in total. The van der Waals surface area contributed by atoms with E-state index in [1.54, 1.807) is 36.4 Å². The quantitative estimate of drug-likeness (QED) is 0.149. The van der Waals surface area contributed by atoms with Gasteiger partial charge in [-0.25, -0.2) is 0 Å². The van der Waals surface area contributed by atoms with Crippen LogP contribution < -0.4 is 0 Å². The van der Waals surface area contributed by atoms with Gasteiger partial charge >= 0.3 is 0 Å². The van der Waals surface area contributed by atoms with Crippen LogP contribution in [0.4, 0.5) is 11.4 Å². The Morgan fingerprint density at radius 1 is 0.776 bits per heavy atom. The van der Waals surface area contributed by atoms with Gasteiger partial charge in [-0.05, 0) is 109 Å². The number of para-hydroxylation sites is 2. The number of hydrogen-bond donors (Lipinski definition) is 0. The van der Waals surface area contributed by atoms with E-state index in [4.69, 9.17) is 9.47 Å². The van der Waals surface area contributed by atoms with Crippen LogP contribution in [0.2, 0.25) is 0 Å². The Bertz CT molecular complexity index is 1550. The van der Waals surface area contributed by atoms with Crippen molar-refractivity contribution in [2.24, 2.45) is 46.3 Å². The van der Waals surface area contributed by atoms with Gasteiger partial charge in [0.25, 0.3) is 11.4 Å². The van der Waals surface area contributed by atoms with Gasteiger partial charge in [0.05, 0.1) is 21.0 Å². The number of fused-ring (bicyclic) bond motifs is 5. The summed E-state index contributed by atoms with van der Waals surface area (Å²) in [6.07, 6.45) is 13.5. The summed E-state index contributed by atoms with van der Waals surface area (Å²) in [5.74, 6) is 3.42. The smallest absolute Gasteiger partial charge is 0.275 e. The lowest BCUT2D eigenvalue weighted by molar-refractivity contribution is -0.387. The van der Waals surface area contributed by atoms with Gasteiger partial charge in [-0.2, -0.15) is 0 Å². The van der Waals surface area contributed by atoms with Crippen LogP contribution in [-0.2, 0) is 9.47 Å². The Balaban J connectivity index is 1.17. The Kier molecular flexibility index (Phi) is 9.04. The lowest BCUT2D eigenvalue weighted by atomic mass is 9.46. The maximum absolute atomic E-state index is 12.1. The Hall–Kier alpha value is -3.10. The van der Waals surface area contributed by atoms with Gasteiger partial charge in [-0.15, -0.1) is 0 Å². The van der Waals surface area contributed by atoms with Gasteiger partial charge in [-0.1, -0.05) is 83.7 Å². The van der Waals surface area contributed by atoms with E-state index < -0.39 is 27.8 Å². The van der Waals surface area contributed by atoms with Gasteiger partial charge in [0.2, 0.25) is 0 Å². The molecule has 4 fully saturated rings. The van der Waals surface area contributed by atoms with Crippen molar-refractivity contribution in [3.63, 3.8) is 0 Å². The van der Waals surface area contributed by atoms with E-state index in [0.29, 0.717) is 28.9 Å². The van der Waals surface area contributed by atoms with Gasteiger partial charge in [0.15, 0.2) is 5.79 Å². The van der Waals surface area contributed by atoms with Crippen molar-refractivity contribution >= 4 is 11.4 Å². The predicted octanol–water partition coefficient (Wildman–Crippen LogP) is 11.1. The molecule has 9 atom stereocenters. The highest BCUT2D eigenvalue weighted by atomic mass is 16.8. The summed E-state index contributed by atoms with van der Waals surface area (Å²) in [4.78, 5) is 23.5. The standard InChI is InChI=1S/C41H54N2O6/c1-26(2)11-10-12-27(3)32-19-20-33-29-18-17-28-25-41(24-23-39(28,4)34(29)21-22-40(32,33)5)48-37(30-13-6-8-15-35(30)42(44)45)38(49-41)31-14-7-9-16-36(31)43(46)47/h6-9,13-16,25-27,29,32-34,37-38H,10-12,17-24H2,1-5H3/t27-,29+,32-,33+,34+,37-,38-,39+,40-/m1/s1. The SMILES string of the molecule is CC(C)CCC[C@@H](C)[C@H]1CC[C@H]2[C@@H]3CCC4=CC5(CC[C@]4(C)[C@H]3CC[C@]12C)O[C@H](c1ccccc1[N+](=O)[O-])[C@@H](c1ccccc1[N+](=O)[O-])O5. The summed E-state index contributed by atoms with van der Waals surface area (Å²) in [5.41, 5.74) is 2.48. The molecule has 8 heteroatoms. The number of benzene rings is 2. The van der Waals surface area contributed by atoms with Crippen LogP contribution in [0.3, 0.4) is 0 Å². The molecule has 4 aliphatic carbocycles. The minimum Gasteiger partial charge on any atom is -0.335 e. The molecular formula is C41H54N2O6. The van der Waals surface area contributed by atoms with Crippen molar-refractivity contribution < 1.29 is 19.3 Å². The Morgan fingerprint density at radius 2 is 1.39 bits per heavy atom. The molecule has 0 bridgehead atoms. The molecule has 2 aromatic carbocycles. The molecular weight excluding hydrogens is 616 g/mol. The van der Waals surface area contributed by atoms with Crippen LogP contribution in [0, 0.1) is 66.6 Å². The first-order valence-electron chi connectivity index (χ1n) is 18.9. The molecule has 5 aliphatic rings. The number of ether oxygens (including phenoxy) is 2. The highest BCUT2D eigenvalue weighted by Gasteiger charge is 2.61. The number of allylic oxidation sites excluding steroid dienone is 1. The number of nitro benzene ring substituents is 2. The third-order valence-electron chi connectivity index (χ3n) is 14.1. The van der Waals surface area contributed by atoms with E-state index in [2.05, 4.69) is 40.7 Å². The molecule has 1 saturated heterocycles. The number of rotatable bonds is 9. The Morgan fingerprint density at radius 3 is 1.98 bits per heavy atom. The highest BCUT2D eigenvalue weighted by Crippen LogP contribution is 2.69. The van der Waals surface area contributed by atoms with E-state index in [9.17, 15) is 20.2 Å². The van der Waals surface area contributed by atoms with Crippen LogP contribution in [0.25, 0.3) is 0 Å². The lowest BCUT2D eigenvalue weighted by Crippen LogP contribution is -2.52. The summed E-state index contributed by atoms with van der Waals surface area (Å²) in [5, 5.41) is 24.3. The average molecular weight is 671 g/mol. The van der Waals surface area contributed by atoms with E-state index >= 15 is 0 Å². The van der Waals surface area contributed by atoms with E-state index in [-0.39, 0.29) is 16.8 Å². The molecule has 0 amide bonds. The van der Waals surface area contributed by atoms with Gasteiger partial charge < -0.3 is 9.47 Å². The molecule has 1 aliphatic heterocycles.